The first-order valence-corrected chi connectivity index (χ1v) is 18.7. The lowest BCUT2D eigenvalue weighted by Gasteiger charge is -2.37. The molecule has 0 amide bonds. The van der Waals surface area contributed by atoms with Crippen molar-refractivity contribution in [2.75, 3.05) is 44.0 Å². The summed E-state index contributed by atoms with van der Waals surface area (Å²) in [4.78, 5) is 25.0. The zero-order chi connectivity index (χ0) is 35.5. The number of fused-ring (bicyclic) bond motifs is 1. The van der Waals surface area contributed by atoms with E-state index in [1.807, 2.05) is 108 Å². The zero-order valence-electron chi connectivity index (χ0n) is 29.4. The highest BCUT2D eigenvalue weighted by molar-refractivity contribution is 7.89. The van der Waals surface area contributed by atoms with Crippen LogP contribution in [0.5, 0.6) is 0 Å². The Bertz CT molecular complexity index is 2070. The quantitative estimate of drug-likeness (QED) is 0.131. The molecule has 0 spiro atoms. The molecule has 3 aromatic carbocycles. The van der Waals surface area contributed by atoms with Crippen molar-refractivity contribution >= 4 is 38.7 Å². The largest absolute Gasteiger partial charge is 0.462 e. The Balaban J connectivity index is 1.22. The molecule has 0 atom stereocenters. The fourth-order valence-electron chi connectivity index (χ4n) is 6.94. The highest BCUT2D eigenvalue weighted by Crippen LogP contribution is 2.41. The van der Waals surface area contributed by atoms with Gasteiger partial charge in [-0.25, -0.2) is 22.9 Å². The molecule has 1 aliphatic carbocycles. The van der Waals surface area contributed by atoms with Crippen molar-refractivity contribution in [2.45, 2.75) is 51.3 Å². The Morgan fingerprint density at radius 3 is 2.26 bits per heavy atom. The van der Waals surface area contributed by atoms with Gasteiger partial charge in [0.15, 0.2) is 0 Å². The zero-order valence-corrected chi connectivity index (χ0v) is 30.3. The minimum Gasteiger partial charge on any atom is -0.462 e. The van der Waals surface area contributed by atoms with Gasteiger partial charge in [-0.05, 0) is 80.7 Å². The number of nitrogens with zero attached hydrogens (tertiary/aromatic N) is 4. The van der Waals surface area contributed by atoms with Gasteiger partial charge in [-0.1, -0.05) is 67.6 Å². The van der Waals surface area contributed by atoms with Crippen molar-refractivity contribution in [2.24, 2.45) is 11.3 Å². The maximum absolute atomic E-state index is 14.5. The van der Waals surface area contributed by atoms with Gasteiger partial charge in [-0.15, -0.1) is 0 Å². The number of nitrogens with one attached hydrogen (secondary N) is 2. The predicted octanol–water partition coefficient (Wildman–Crippen LogP) is 7.23. The molecule has 1 aliphatic rings. The lowest BCUT2D eigenvalue weighted by molar-refractivity contribution is 0.0521. The van der Waals surface area contributed by atoms with Gasteiger partial charge in [-0.3, -0.25) is 0 Å². The number of carbonyl (C=O) groups is 1. The van der Waals surface area contributed by atoms with Crippen LogP contribution in [0.1, 0.15) is 55.6 Å². The average molecular weight is 695 g/mol. The molecular formula is C39H46N6O4S. The van der Waals surface area contributed by atoms with Crippen LogP contribution in [0.4, 0.5) is 11.8 Å². The molecule has 0 bridgehead atoms. The number of hydrogen-bond donors (Lipinski definition) is 2. The molecular weight excluding hydrogens is 649 g/mol. The number of ether oxygens (including phenoxy) is 1. The van der Waals surface area contributed by atoms with Gasteiger partial charge in [0, 0.05) is 44.0 Å². The van der Waals surface area contributed by atoms with E-state index >= 15 is 0 Å². The lowest BCUT2D eigenvalue weighted by Crippen LogP contribution is -2.39. The first-order valence-electron chi connectivity index (χ1n) is 17.2. The van der Waals surface area contributed by atoms with Crippen LogP contribution >= 0.6 is 0 Å². The molecule has 1 fully saturated rings. The van der Waals surface area contributed by atoms with Gasteiger partial charge in [-0.2, -0.15) is 4.98 Å². The number of anilines is 2. The number of hydrogen-bond acceptors (Lipinski definition) is 8. The summed E-state index contributed by atoms with van der Waals surface area (Å²) in [6.07, 6.45) is 3.58. The summed E-state index contributed by atoms with van der Waals surface area (Å²) in [5.41, 5.74) is 3.06. The Labute approximate surface area is 295 Å². The van der Waals surface area contributed by atoms with Gasteiger partial charge < -0.3 is 19.5 Å². The van der Waals surface area contributed by atoms with Crippen molar-refractivity contribution in [3.63, 3.8) is 0 Å². The van der Waals surface area contributed by atoms with Crippen molar-refractivity contribution in [3.05, 3.63) is 96.2 Å². The topological polar surface area (TPSA) is 118 Å². The lowest BCUT2D eigenvalue weighted by atomic mass is 9.72. The Kier molecular flexibility index (Phi) is 10.3. The molecule has 0 radical (unpaired) electrons. The van der Waals surface area contributed by atoms with Gasteiger partial charge in [0.25, 0.3) is 0 Å². The molecule has 0 saturated heterocycles. The van der Waals surface area contributed by atoms with Gasteiger partial charge >= 0.3 is 5.97 Å². The van der Waals surface area contributed by atoms with Crippen molar-refractivity contribution in [1.82, 2.24) is 19.3 Å². The molecule has 50 heavy (non-hydrogen) atoms. The third kappa shape index (κ3) is 7.25. The molecule has 10 nitrogen and oxygen atoms in total. The van der Waals surface area contributed by atoms with E-state index in [0.29, 0.717) is 28.8 Å². The van der Waals surface area contributed by atoms with E-state index in [9.17, 15) is 13.2 Å². The molecule has 2 aromatic heterocycles. The van der Waals surface area contributed by atoms with E-state index in [1.54, 1.807) is 13.8 Å². The SMILES string of the molecule is CCOC(=O)c1c(S(=O)(=O)NCC2(C)CCC(CNc3nc(N(C)C)c4ccccc4n3)CC2)c(-c2ccccc2)n(-c2ccccc2)c1C. The maximum Gasteiger partial charge on any atom is 0.341 e. The summed E-state index contributed by atoms with van der Waals surface area (Å²) in [6, 6.07) is 26.8. The predicted molar refractivity (Wildman–Crippen MR) is 200 cm³/mol. The van der Waals surface area contributed by atoms with Crippen LogP contribution in [0.2, 0.25) is 0 Å². The van der Waals surface area contributed by atoms with Crippen LogP contribution in [-0.4, -0.2) is 62.7 Å². The van der Waals surface area contributed by atoms with Crippen LogP contribution in [0.3, 0.4) is 0 Å². The molecule has 2 heterocycles. The molecule has 2 N–H and O–H groups in total. The second-order valence-corrected chi connectivity index (χ2v) is 15.3. The number of para-hydroxylation sites is 2. The second kappa shape index (κ2) is 14.6. The number of esters is 1. The van der Waals surface area contributed by atoms with Gasteiger partial charge in [0.1, 0.15) is 16.3 Å². The first kappa shape index (κ1) is 35.1. The van der Waals surface area contributed by atoms with E-state index in [0.717, 1.165) is 54.6 Å². The van der Waals surface area contributed by atoms with Crippen LogP contribution in [-0.2, 0) is 14.8 Å². The number of carbonyl (C=O) groups excluding carboxylic acids is 1. The van der Waals surface area contributed by atoms with E-state index in [-0.39, 0.29) is 29.0 Å². The van der Waals surface area contributed by atoms with E-state index in [4.69, 9.17) is 14.7 Å². The monoisotopic (exact) mass is 694 g/mol. The number of sulfonamides is 1. The Morgan fingerprint density at radius 2 is 1.60 bits per heavy atom. The van der Waals surface area contributed by atoms with Crippen LogP contribution < -0.4 is 14.9 Å². The normalized spacial score (nSPS) is 17.8. The Hall–Kier alpha value is -4.74. The summed E-state index contributed by atoms with van der Waals surface area (Å²) < 4.78 is 39.2. The second-order valence-electron chi connectivity index (χ2n) is 13.6. The van der Waals surface area contributed by atoms with Crippen molar-refractivity contribution in [1.29, 1.82) is 0 Å². The number of aromatic nitrogens is 3. The van der Waals surface area contributed by atoms with Crippen molar-refractivity contribution < 1.29 is 17.9 Å². The number of rotatable bonds is 12. The summed E-state index contributed by atoms with van der Waals surface area (Å²) in [6.45, 7) is 6.74. The fraction of sp³-hybridized carbons (Fsp3) is 0.359. The maximum atomic E-state index is 14.5. The highest BCUT2D eigenvalue weighted by atomic mass is 32.2. The summed E-state index contributed by atoms with van der Waals surface area (Å²) in [5.74, 6) is 1.22. The van der Waals surface area contributed by atoms with Gasteiger partial charge in [0.05, 0.1) is 17.8 Å². The van der Waals surface area contributed by atoms with Crippen LogP contribution in [0, 0.1) is 18.3 Å². The standard InChI is InChI=1S/C39H46N6O4S/c1-6-49-37(46)33-27(2)45(30-17-11-8-12-18-30)34(29-15-9-7-10-16-29)35(33)50(47,48)41-26-39(3)23-21-28(22-24-39)25-40-38-42-32-20-14-13-19-31(32)36(43-38)44(4)5/h7-20,28,41H,6,21-26H2,1-5H3,(H,40,42,43). The Morgan fingerprint density at radius 1 is 0.960 bits per heavy atom. The van der Waals surface area contributed by atoms with Gasteiger partial charge in [0.2, 0.25) is 16.0 Å². The van der Waals surface area contributed by atoms with E-state index in [2.05, 4.69) is 17.0 Å². The highest BCUT2D eigenvalue weighted by Gasteiger charge is 2.38. The molecule has 1 saturated carbocycles. The summed E-state index contributed by atoms with van der Waals surface area (Å²) >= 11 is 0. The molecule has 6 rings (SSSR count). The van der Waals surface area contributed by atoms with Crippen LogP contribution in [0.15, 0.2) is 89.8 Å². The minimum absolute atomic E-state index is 0.0512. The summed E-state index contributed by atoms with van der Waals surface area (Å²) in [5, 5.41) is 4.48. The third-order valence-electron chi connectivity index (χ3n) is 9.73. The molecule has 0 aliphatic heterocycles. The molecule has 262 valence electrons. The third-order valence-corrected chi connectivity index (χ3v) is 11.2. The minimum atomic E-state index is -4.17. The molecule has 0 unspecified atom stereocenters. The number of benzene rings is 3. The molecule has 11 heteroatoms. The summed E-state index contributed by atoms with van der Waals surface area (Å²) in [7, 11) is -0.212. The molecule has 5 aromatic rings. The van der Waals surface area contributed by atoms with E-state index in [1.165, 1.54) is 0 Å². The fourth-order valence-corrected chi connectivity index (χ4v) is 8.58. The first-order chi connectivity index (χ1) is 24.0. The van der Waals surface area contributed by atoms with Crippen molar-refractivity contribution in [3.8, 4) is 16.9 Å². The average Bonchev–Trinajstić information content (AvgIpc) is 3.45. The van der Waals surface area contributed by atoms with Crippen LogP contribution in [0.25, 0.3) is 27.8 Å². The smallest absolute Gasteiger partial charge is 0.341 e. The van der Waals surface area contributed by atoms with E-state index < -0.39 is 16.0 Å².